The summed E-state index contributed by atoms with van der Waals surface area (Å²) >= 11 is 0. The fourth-order valence-corrected chi connectivity index (χ4v) is 0.506. The van der Waals surface area contributed by atoms with Crippen molar-refractivity contribution in [1.29, 1.82) is 0 Å². The quantitative estimate of drug-likeness (QED) is 0.517. The Bertz CT molecular complexity index is 346. The molecule has 0 saturated heterocycles. The molecule has 1 heterocycles. The number of aromatic nitrogens is 2. The Balaban J connectivity index is 3.40. The van der Waals surface area contributed by atoms with Crippen LogP contribution in [0.5, 0.6) is 0 Å². The summed E-state index contributed by atoms with van der Waals surface area (Å²) in [4.78, 5) is 21.3. The van der Waals surface area contributed by atoms with Crippen molar-refractivity contribution in [3.05, 3.63) is 28.2 Å². The second-order valence-corrected chi connectivity index (χ2v) is 1.61. The number of aromatic amines is 1. The molecule has 0 atom stereocenters. The number of primary amides is 1. The topological polar surface area (TPSA) is 88.8 Å². The van der Waals surface area contributed by atoms with Crippen molar-refractivity contribution >= 4 is 5.91 Å². The van der Waals surface area contributed by atoms with Gasteiger partial charge in [0.2, 0.25) is 0 Å². The first-order chi connectivity index (χ1) is 5.13. The molecule has 3 N–H and O–H groups in total. The molecule has 0 aromatic carbocycles. The number of amides is 1. The highest BCUT2D eigenvalue weighted by Crippen LogP contribution is 1.82. The summed E-state index contributed by atoms with van der Waals surface area (Å²) < 4.78 is 6.84. The Morgan fingerprint density at radius 3 is 3.10 bits per heavy atom. The maximum absolute atomic E-state index is 10.8. The predicted octanol–water partition coefficient (Wildman–Crippen LogP) is -1.13. The monoisotopic (exact) mass is 140 g/mol. The number of hydrogen-bond acceptors (Lipinski definition) is 3. The lowest BCUT2D eigenvalue weighted by atomic mass is 10.3. The lowest BCUT2D eigenvalue weighted by Gasteiger charge is -1.88. The van der Waals surface area contributed by atoms with Crippen LogP contribution < -0.4 is 11.3 Å². The van der Waals surface area contributed by atoms with E-state index in [0.29, 0.717) is 5.09 Å². The van der Waals surface area contributed by atoms with Crippen LogP contribution >= 0.6 is 0 Å². The number of nitrogens with one attached hydrogen (secondary N) is 1. The van der Waals surface area contributed by atoms with E-state index in [1.165, 1.54) is 6.07 Å². The van der Waals surface area contributed by atoms with Gasteiger partial charge >= 0.3 is 0 Å². The van der Waals surface area contributed by atoms with Crippen molar-refractivity contribution in [2.45, 2.75) is 0 Å². The maximum atomic E-state index is 10.8. The van der Waals surface area contributed by atoms with Crippen molar-refractivity contribution < 1.29 is 6.21 Å². The molecule has 5 heteroatoms. The summed E-state index contributed by atoms with van der Waals surface area (Å²) in [5.41, 5.74) is 3.79. The maximum Gasteiger partial charge on any atom is 0.277 e. The third-order valence-electron chi connectivity index (χ3n) is 0.952. The van der Waals surface area contributed by atoms with E-state index in [-0.39, 0.29) is 5.56 Å². The molecule has 52 valence electrons. The number of carbonyl (C=O) groups excluding carboxylic acids is 1. The van der Waals surface area contributed by atoms with Crippen LogP contribution in [0.3, 0.4) is 0 Å². The van der Waals surface area contributed by atoms with Crippen molar-refractivity contribution in [1.82, 2.24) is 10.2 Å². The molecule has 0 saturated carbocycles. The van der Waals surface area contributed by atoms with Gasteiger partial charge in [-0.2, -0.15) is 5.10 Å². The predicted molar refractivity (Wildman–Crippen MR) is 33.4 cm³/mol. The highest BCUT2D eigenvalue weighted by atomic mass is 16.2. The molecular formula is C5H5N3O2. The van der Waals surface area contributed by atoms with Gasteiger partial charge in [-0.1, -0.05) is 0 Å². The summed E-state index contributed by atoms with van der Waals surface area (Å²) in [5, 5.41) is 3.59. The molecule has 0 aliphatic rings. The van der Waals surface area contributed by atoms with Crippen LogP contribution in [0.25, 0.3) is 0 Å². The summed E-state index contributed by atoms with van der Waals surface area (Å²) in [5.74, 6) is -0.849. The Morgan fingerprint density at radius 1 is 1.90 bits per heavy atom. The zero-order chi connectivity index (χ0) is 8.43. The summed E-state index contributed by atoms with van der Waals surface area (Å²) in [7, 11) is 0. The van der Waals surface area contributed by atoms with Gasteiger partial charge in [0.15, 0.2) is 1.41 Å². The van der Waals surface area contributed by atoms with Gasteiger partial charge in [-0.05, 0) is 6.07 Å². The van der Waals surface area contributed by atoms with Gasteiger partial charge in [0.1, 0.15) is 5.56 Å². The zero-order valence-electron chi connectivity index (χ0n) is 5.94. The molecular weight excluding hydrogens is 134 g/mol. The second kappa shape index (κ2) is 2.30. The number of carbonyl (C=O) groups is 1. The summed E-state index contributed by atoms with van der Waals surface area (Å²) in [6, 6.07) is 1.18. The highest BCUT2D eigenvalue weighted by molar-refractivity contribution is 5.92. The van der Waals surface area contributed by atoms with E-state index in [9.17, 15) is 9.59 Å². The first-order valence-electron chi connectivity index (χ1n) is 2.95. The summed E-state index contributed by atoms with van der Waals surface area (Å²) in [6.07, 6.45) is 1.16. The number of H-pyrrole nitrogens is 1. The number of nitrogens with two attached hydrogens (primary N) is 1. The van der Waals surface area contributed by atoms with Crippen LogP contribution in [0.15, 0.2) is 17.1 Å². The van der Waals surface area contributed by atoms with Crippen LogP contribution in [0.4, 0.5) is 0 Å². The normalized spacial score (nSPS) is 10.6. The minimum atomic E-state index is -0.849. The van der Waals surface area contributed by atoms with Gasteiger partial charge in [-0.3, -0.25) is 9.59 Å². The molecule has 0 radical (unpaired) electrons. The van der Waals surface area contributed by atoms with Crippen LogP contribution in [0.2, 0.25) is 1.41 Å². The summed E-state index contributed by atoms with van der Waals surface area (Å²) in [6.45, 7) is 0. The van der Waals surface area contributed by atoms with Crippen molar-refractivity contribution in [2.75, 3.05) is 0 Å². The van der Waals surface area contributed by atoms with E-state index in [0.717, 1.165) is 6.20 Å². The lowest BCUT2D eigenvalue weighted by Crippen LogP contribution is -2.23. The molecule has 1 aromatic heterocycles. The Hall–Kier alpha value is -1.65. The standard InChI is InChI=1S/C5H5N3O2/c6-4(9)3-1-2-7-8-5(3)10/h1-2H,(H2,6,9)(H,8,10)/i/hD. The van der Waals surface area contributed by atoms with E-state index in [1.54, 1.807) is 0 Å². The van der Waals surface area contributed by atoms with E-state index < -0.39 is 11.5 Å². The molecule has 0 fully saturated rings. The molecule has 0 aliphatic heterocycles. The second-order valence-electron chi connectivity index (χ2n) is 1.61. The first kappa shape index (κ1) is 5.16. The van der Waals surface area contributed by atoms with Gasteiger partial charge in [-0.25, -0.2) is 5.09 Å². The minimum Gasteiger partial charge on any atom is -0.365 e. The van der Waals surface area contributed by atoms with Crippen LogP contribution in [-0.2, 0) is 0 Å². The third kappa shape index (κ3) is 1.02. The van der Waals surface area contributed by atoms with E-state index in [2.05, 4.69) is 5.10 Å². The number of hydrogen-bond donors (Lipinski definition) is 2. The molecule has 5 nitrogen and oxygen atoms in total. The fourth-order valence-electron chi connectivity index (χ4n) is 0.506. The van der Waals surface area contributed by atoms with E-state index in [4.69, 9.17) is 7.15 Å². The van der Waals surface area contributed by atoms with Gasteiger partial charge < -0.3 is 5.73 Å². The van der Waals surface area contributed by atoms with Gasteiger partial charge in [-0.15, -0.1) is 0 Å². The molecule has 0 aliphatic carbocycles. The van der Waals surface area contributed by atoms with E-state index in [1.807, 2.05) is 0 Å². The van der Waals surface area contributed by atoms with Crippen LogP contribution in [0, 0.1) is 0 Å². The zero-order valence-corrected chi connectivity index (χ0v) is 4.94. The number of rotatable bonds is 1. The van der Waals surface area contributed by atoms with Gasteiger partial charge in [0, 0.05) is 6.20 Å². The largest absolute Gasteiger partial charge is 0.365 e. The molecule has 10 heavy (non-hydrogen) atoms. The first-order valence-corrected chi connectivity index (χ1v) is 2.50. The minimum absolute atomic E-state index is 0.227. The Morgan fingerprint density at radius 2 is 2.60 bits per heavy atom. The smallest absolute Gasteiger partial charge is 0.277 e. The average Bonchev–Trinajstić information content (AvgIpc) is 1.94. The van der Waals surface area contributed by atoms with Crippen LogP contribution in [-0.4, -0.2) is 16.1 Å². The fraction of sp³-hybridized carbons (Fsp3) is 0. The Labute approximate surface area is 57.3 Å². The molecule has 1 aromatic rings. The SMILES string of the molecule is [2H]n1nccc(C(N)=O)c1=O. The molecule has 1 rings (SSSR count). The van der Waals surface area contributed by atoms with Gasteiger partial charge in [0.05, 0.1) is 0 Å². The third-order valence-corrected chi connectivity index (χ3v) is 0.952. The average molecular weight is 140 g/mol. The molecule has 0 spiro atoms. The van der Waals surface area contributed by atoms with Gasteiger partial charge in [0.25, 0.3) is 11.5 Å². The Kier molecular flexibility index (Phi) is 1.19. The molecule has 1 amide bonds. The molecule has 0 unspecified atom stereocenters. The lowest BCUT2D eigenvalue weighted by molar-refractivity contribution is 0.0998. The number of nitrogens with zero attached hydrogens (tertiary/aromatic N) is 1. The van der Waals surface area contributed by atoms with E-state index >= 15 is 0 Å². The van der Waals surface area contributed by atoms with Crippen molar-refractivity contribution in [2.24, 2.45) is 5.73 Å². The van der Waals surface area contributed by atoms with Crippen molar-refractivity contribution in [3.8, 4) is 0 Å². The molecule has 0 bridgehead atoms. The van der Waals surface area contributed by atoms with Crippen LogP contribution in [0.1, 0.15) is 10.4 Å². The van der Waals surface area contributed by atoms with Crippen molar-refractivity contribution in [3.63, 3.8) is 0 Å². The highest BCUT2D eigenvalue weighted by Gasteiger charge is 2.02.